The average molecular weight is 309 g/mol. The molecule has 0 spiro atoms. The Bertz CT molecular complexity index is 530. The second kappa shape index (κ2) is 7.15. The minimum atomic E-state index is -0.589. The van der Waals surface area contributed by atoms with Crippen molar-refractivity contribution in [1.82, 2.24) is 5.32 Å². The number of halogens is 1. The third kappa shape index (κ3) is 4.24. The number of alkyl carbamates (subject to hydrolysis) is 1. The molecule has 0 saturated heterocycles. The minimum absolute atomic E-state index is 0.0356. The molecule has 1 aliphatic rings. The fourth-order valence-corrected chi connectivity index (χ4v) is 1.97. The molecular weight excluding hydrogens is 292 g/mol. The van der Waals surface area contributed by atoms with Gasteiger partial charge in [0.05, 0.1) is 11.7 Å². The summed E-state index contributed by atoms with van der Waals surface area (Å²) in [5.74, 6) is 0. The van der Waals surface area contributed by atoms with Gasteiger partial charge in [0.25, 0.3) is 0 Å². The van der Waals surface area contributed by atoms with Crippen molar-refractivity contribution in [3.05, 3.63) is 54.1 Å². The summed E-state index contributed by atoms with van der Waals surface area (Å²) >= 11 is 5.88. The van der Waals surface area contributed by atoms with Crippen LogP contribution >= 0.6 is 11.6 Å². The first-order chi connectivity index (χ1) is 10.1. The van der Waals surface area contributed by atoms with Gasteiger partial charge in [-0.3, -0.25) is 5.32 Å². The Labute approximate surface area is 128 Å². The summed E-state index contributed by atoms with van der Waals surface area (Å²) in [7, 11) is 0. The van der Waals surface area contributed by atoms with Gasteiger partial charge in [-0.15, -0.1) is 0 Å². The van der Waals surface area contributed by atoms with Crippen LogP contribution in [0.5, 0.6) is 0 Å². The molecule has 1 aliphatic heterocycles. The molecule has 1 heterocycles. The molecule has 0 aliphatic carbocycles. The number of rotatable bonds is 4. The van der Waals surface area contributed by atoms with Crippen LogP contribution in [0, 0.1) is 0 Å². The van der Waals surface area contributed by atoms with Crippen LogP contribution in [0.3, 0.4) is 0 Å². The van der Waals surface area contributed by atoms with Crippen LogP contribution < -0.4 is 10.4 Å². The van der Waals surface area contributed by atoms with E-state index in [1.165, 1.54) is 6.08 Å². The Balaban J connectivity index is 2.01. The number of carbonyl (C=O) groups is 1. The molecule has 21 heavy (non-hydrogen) atoms. The van der Waals surface area contributed by atoms with Gasteiger partial charge in [0, 0.05) is 5.02 Å². The molecule has 0 fully saturated rings. The molecule has 0 radical (unpaired) electrons. The third-order valence-corrected chi connectivity index (χ3v) is 3.09. The van der Waals surface area contributed by atoms with Gasteiger partial charge >= 0.3 is 6.09 Å². The van der Waals surface area contributed by atoms with Gasteiger partial charge in [0.1, 0.15) is 6.61 Å². The smallest absolute Gasteiger partial charge is 0.409 e. The van der Waals surface area contributed by atoms with Crippen molar-refractivity contribution in [3.8, 4) is 0 Å². The number of nitrogens with one attached hydrogen (secondary N) is 1. The van der Waals surface area contributed by atoms with Crippen molar-refractivity contribution in [3.63, 3.8) is 0 Å². The van der Waals surface area contributed by atoms with Crippen molar-refractivity contribution in [2.75, 3.05) is 11.7 Å². The van der Waals surface area contributed by atoms with E-state index in [0.29, 0.717) is 5.02 Å². The Hall–Kier alpha value is -1.98. The summed E-state index contributed by atoms with van der Waals surface area (Å²) in [5, 5.41) is 4.96. The minimum Gasteiger partial charge on any atom is -0.445 e. The number of carbonyl (C=O) groups excluding carboxylic acids is 1. The van der Waals surface area contributed by atoms with Gasteiger partial charge in [-0.1, -0.05) is 30.3 Å². The van der Waals surface area contributed by atoms with Gasteiger partial charge in [-0.2, -0.15) is 0 Å². The maximum absolute atomic E-state index is 11.5. The van der Waals surface area contributed by atoms with Crippen molar-refractivity contribution in [1.29, 1.82) is 0 Å². The molecule has 1 aromatic rings. The summed E-state index contributed by atoms with van der Waals surface area (Å²) in [6, 6.07) is 7.31. The Morgan fingerprint density at radius 1 is 1.48 bits per heavy atom. The van der Waals surface area contributed by atoms with E-state index in [1.807, 2.05) is 25.1 Å². The molecule has 6 heteroatoms. The quantitative estimate of drug-likeness (QED) is 0.867. The number of anilines is 1. The van der Waals surface area contributed by atoms with E-state index in [4.69, 9.17) is 21.2 Å². The van der Waals surface area contributed by atoms with Crippen LogP contribution in [0.25, 0.3) is 0 Å². The number of hydrogen-bond acceptors (Lipinski definition) is 4. The summed E-state index contributed by atoms with van der Waals surface area (Å²) in [6.07, 6.45) is 4.06. The van der Waals surface area contributed by atoms with Crippen molar-refractivity contribution < 1.29 is 14.4 Å². The first-order valence-corrected chi connectivity index (χ1v) is 6.92. The maximum Gasteiger partial charge on any atom is 0.409 e. The highest BCUT2D eigenvalue weighted by Gasteiger charge is 2.23. The second-order valence-electron chi connectivity index (χ2n) is 4.49. The fourth-order valence-electron chi connectivity index (χ4n) is 1.84. The zero-order chi connectivity index (χ0) is 15.2. The largest absolute Gasteiger partial charge is 0.445 e. The molecule has 2 unspecified atom stereocenters. The zero-order valence-corrected chi connectivity index (χ0v) is 12.4. The van der Waals surface area contributed by atoms with Crippen molar-refractivity contribution in [2.24, 2.45) is 0 Å². The molecule has 1 aromatic carbocycles. The molecule has 112 valence electrons. The van der Waals surface area contributed by atoms with Crippen LogP contribution in [0.4, 0.5) is 10.5 Å². The number of benzene rings is 1. The van der Waals surface area contributed by atoms with Crippen LogP contribution in [0.1, 0.15) is 6.92 Å². The molecule has 0 saturated carbocycles. The lowest BCUT2D eigenvalue weighted by Gasteiger charge is -2.34. The van der Waals surface area contributed by atoms with E-state index in [1.54, 1.807) is 23.3 Å². The van der Waals surface area contributed by atoms with Crippen molar-refractivity contribution in [2.45, 2.75) is 19.2 Å². The van der Waals surface area contributed by atoms with Gasteiger partial charge < -0.3 is 4.74 Å². The summed E-state index contributed by atoms with van der Waals surface area (Å²) < 4.78 is 4.86. The summed E-state index contributed by atoms with van der Waals surface area (Å²) in [6.45, 7) is 5.61. The van der Waals surface area contributed by atoms with Gasteiger partial charge in [0.15, 0.2) is 6.23 Å². The van der Waals surface area contributed by atoms with Crippen molar-refractivity contribution >= 4 is 23.4 Å². The van der Waals surface area contributed by atoms with Crippen LogP contribution in [-0.2, 0) is 9.57 Å². The lowest BCUT2D eigenvalue weighted by molar-refractivity contribution is 0.0229. The lowest BCUT2D eigenvalue weighted by Crippen LogP contribution is -2.46. The number of amides is 1. The van der Waals surface area contributed by atoms with E-state index in [2.05, 4.69) is 11.9 Å². The molecule has 2 atom stereocenters. The van der Waals surface area contributed by atoms with Gasteiger partial charge in [-0.25, -0.2) is 14.7 Å². The summed E-state index contributed by atoms with van der Waals surface area (Å²) in [5.41, 5.74) is 0.850. The van der Waals surface area contributed by atoms with E-state index in [0.717, 1.165) is 5.69 Å². The molecule has 1 N–H and O–H groups in total. The average Bonchev–Trinajstić information content (AvgIpc) is 2.48. The maximum atomic E-state index is 11.5. The van der Waals surface area contributed by atoms with Crippen LogP contribution in [-0.4, -0.2) is 25.0 Å². The monoisotopic (exact) mass is 308 g/mol. The second-order valence-corrected chi connectivity index (χ2v) is 4.92. The standard InChI is InChI=1S/C15H17ClN2O3/c1-3-10-20-15(19)17-14-9-4-11(2)18(21-14)13-7-5-12(16)6-8-13/h3-9,11,14H,1,10H2,2H3,(H,17,19). The summed E-state index contributed by atoms with van der Waals surface area (Å²) in [4.78, 5) is 17.2. The molecule has 0 aromatic heterocycles. The predicted molar refractivity (Wildman–Crippen MR) is 82.1 cm³/mol. The molecule has 0 bridgehead atoms. The highest BCUT2D eigenvalue weighted by atomic mass is 35.5. The van der Waals surface area contributed by atoms with E-state index in [9.17, 15) is 4.79 Å². The zero-order valence-electron chi connectivity index (χ0n) is 11.7. The fraction of sp³-hybridized carbons (Fsp3) is 0.267. The molecule has 5 nitrogen and oxygen atoms in total. The highest BCUT2D eigenvalue weighted by molar-refractivity contribution is 6.30. The number of hydrogen-bond donors (Lipinski definition) is 1. The van der Waals surface area contributed by atoms with E-state index < -0.39 is 12.3 Å². The molecular formula is C15H17ClN2O3. The van der Waals surface area contributed by atoms with Crippen LogP contribution in [0.2, 0.25) is 5.02 Å². The predicted octanol–water partition coefficient (Wildman–Crippen LogP) is 3.27. The van der Waals surface area contributed by atoms with E-state index >= 15 is 0 Å². The first-order valence-electron chi connectivity index (χ1n) is 6.54. The van der Waals surface area contributed by atoms with Gasteiger partial charge in [-0.05, 0) is 37.3 Å². The molecule has 2 rings (SSSR count). The highest BCUT2D eigenvalue weighted by Crippen LogP contribution is 2.24. The topological polar surface area (TPSA) is 50.8 Å². The Kier molecular flexibility index (Phi) is 5.25. The SMILES string of the molecule is C=CCOC(=O)NC1C=CC(C)N(c2ccc(Cl)cc2)O1. The first kappa shape index (κ1) is 15.4. The van der Waals surface area contributed by atoms with Gasteiger partial charge in [0.2, 0.25) is 0 Å². The normalized spacial score (nSPS) is 21.0. The Morgan fingerprint density at radius 2 is 2.19 bits per heavy atom. The van der Waals surface area contributed by atoms with E-state index in [-0.39, 0.29) is 12.6 Å². The number of nitrogens with zero attached hydrogens (tertiary/aromatic N) is 1. The Morgan fingerprint density at radius 3 is 2.86 bits per heavy atom. The number of ether oxygens (including phenoxy) is 1. The third-order valence-electron chi connectivity index (χ3n) is 2.83. The molecule has 1 amide bonds. The van der Waals surface area contributed by atoms with Crippen LogP contribution in [0.15, 0.2) is 49.1 Å². The lowest BCUT2D eigenvalue weighted by atomic mass is 10.2. The number of hydroxylamine groups is 1.